The van der Waals surface area contributed by atoms with Gasteiger partial charge in [0.25, 0.3) is 0 Å². The Kier molecular flexibility index (Phi) is 2.88. The number of benzene rings is 3. The van der Waals surface area contributed by atoms with Gasteiger partial charge in [0, 0.05) is 33.6 Å². The van der Waals surface area contributed by atoms with Crippen LogP contribution in [-0.4, -0.2) is 10.8 Å². The predicted molar refractivity (Wildman–Crippen MR) is 94.4 cm³/mol. The summed E-state index contributed by atoms with van der Waals surface area (Å²) in [6.45, 7) is 0. The van der Waals surface area contributed by atoms with Crippen LogP contribution >= 0.6 is 11.8 Å². The molecule has 2 nitrogen and oxygen atoms in total. The Balaban J connectivity index is 2.46. The molecule has 0 saturated carbocycles. The highest BCUT2D eigenvalue weighted by molar-refractivity contribution is 7.98. The van der Waals surface area contributed by atoms with E-state index in [4.69, 9.17) is 0 Å². The highest BCUT2D eigenvalue weighted by Gasteiger charge is 2.19. The molecule has 3 aromatic carbocycles. The van der Waals surface area contributed by atoms with E-state index in [1.807, 2.05) is 18.4 Å². The van der Waals surface area contributed by atoms with Crippen molar-refractivity contribution < 1.29 is 0 Å². The van der Waals surface area contributed by atoms with Gasteiger partial charge in [-0.25, -0.2) is 0 Å². The van der Waals surface area contributed by atoms with Crippen LogP contribution in [0.1, 0.15) is 5.56 Å². The fourth-order valence-electron chi connectivity index (χ4n) is 3.40. The quantitative estimate of drug-likeness (QED) is 0.459. The minimum atomic E-state index is 0.779. The van der Waals surface area contributed by atoms with Gasteiger partial charge in [0.05, 0.1) is 11.1 Å². The van der Waals surface area contributed by atoms with Crippen molar-refractivity contribution in [2.75, 3.05) is 6.26 Å². The lowest BCUT2D eigenvalue weighted by Gasteiger charge is -2.10. The lowest BCUT2D eigenvalue weighted by atomic mass is 9.99. The van der Waals surface area contributed by atoms with E-state index in [-0.39, 0.29) is 0 Å². The van der Waals surface area contributed by atoms with E-state index in [9.17, 15) is 5.26 Å². The zero-order valence-electron chi connectivity index (χ0n) is 12.4. The third-order valence-electron chi connectivity index (χ3n) is 4.33. The Morgan fingerprint density at radius 2 is 1.59 bits per heavy atom. The van der Waals surface area contributed by atoms with Crippen molar-refractivity contribution in [3.63, 3.8) is 0 Å². The molecule has 22 heavy (non-hydrogen) atoms. The summed E-state index contributed by atoms with van der Waals surface area (Å²) in [6, 6.07) is 19.1. The number of thioether (sulfide) groups is 1. The van der Waals surface area contributed by atoms with Gasteiger partial charge in [-0.1, -0.05) is 42.5 Å². The maximum Gasteiger partial charge on any atom is 0.101 e. The minimum absolute atomic E-state index is 0.779. The fourth-order valence-corrected chi connectivity index (χ4v) is 4.19. The second-order valence-electron chi connectivity index (χ2n) is 5.37. The molecule has 1 aromatic heterocycles. The SMILES string of the molecule is CSc1c(C#N)c2ccccc2c2c3ccccc3n(C)c12. The van der Waals surface area contributed by atoms with Crippen LogP contribution in [0.2, 0.25) is 0 Å². The molecule has 0 N–H and O–H groups in total. The molecule has 0 spiro atoms. The average molecular weight is 302 g/mol. The molecule has 106 valence electrons. The third-order valence-corrected chi connectivity index (χ3v) is 5.14. The zero-order valence-corrected chi connectivity index (χ0v) is 13.2. The monoisotopic (exact) mass is 302 g/mol. The number of rotatable bonds is 1. The molecule has 3 heteroatoms. The van der Waals surface area contributed by atoms with Gasteiger partial charge in [-0.05, 0) is 17.7 Å². The predicted octanol–water partition coefficient (Wildman–Crippen LogP) is 5.08. The summed E-state index contributed by atoms with van der Waals surface area (Å²) in [6.07, 6.45) is 2.04. The number of nitriles is 1. The largest absolute Gasteiger partial charge is 0.343 e. The van der Waals surface area contributed by atoms with E-state index >= 15 is 0 Å². The number of fused-ring (bicyclic) bond motifs is 5. The summed E-state index contributed by atoms with van der Waals surface area (Å²) in [5.74, 6) is 0. The zero-order chi connectivity index (χ0) is 15.3. The number of aromatic nitrogens is 1. The van der Waals surface area contributed by atoms with Gasteiger partial charge in [0.15, 0.2) is 0 Å². The van der Waals surface area contributed by atoms with Crippen LogP contribution in [0.4, 0.5) is 0 Å². The third kappa shape index (κ3) is 1.56. The normalized spacial score (nSPS) is 11.3. The van der Waals surface area contributed by atoms with Crippen molar-refractivity contribution in [1.29, 1.82) is 5.26 Å². The summed E-state index contributed by atoms with van der Waals surface area (Å²) < 4.78 is 2.21. The molecular formula is C19H14N2S. The molecule has 0 amide bonds. The van der Waals surface area contributed by atoms with E-state index < -0.39 is 0 Å². The molecule has 0 aliphatic rings. The van der Waals surface area contributed by atoms with Crippen molar-refractivity contribution in [3.05, 3.63) is 54.1 Å². The average Bonchev–Trinajstić information content (AvgIpc) is 2.87. The topological polar surface area (TPSA) is 28.7 Å². The smallest absolute Gasteiger partial charge is 0.101 e. The van der Waals surface area contributed by atoms with Crippen molar-refractivity contribution in [1.82, 2.24) is 4.57 Å². The highest BCUT2D eigenvalue weighted by atomic mass is 32.2. The van der Waals surface area contributed by atoms with Crippen LogP contribution in [0, 0.1) is 11.3 Å². The van der Waals surface area contributed by atoms with Crippen molar-refractivity contribution in [3.8, 4) is 6.07 Å². The Morgan fingerprint density at radius 3 is 2.27 bits per heavy atom. The molecular weight excluding hydrogens is 288 g/mol. The first-order valence-electron chi connectivity index (χ1n) is 7.14. The minimum Gasteiger partial charge on any atom is -0.343 e. The lowest BCUT2D eigenvalue weighted by Crippen LogP contribution is -1.93. The standard InChI is InChI=1S/C19H14N2S/c1-21-16-10-6-5-9-14(16)17-13-8-4-3-7-12(13)15(11-20)19(22-2)18(17)21/h3-10H,1-2H3. The van der Waals surface area contributed by atoms with Crippen LogP contribution in [-0.2, 0) is 7.05 Å². The fraction of sp³-hybridized carbons (Fsp3) is 0.105. The maximum atomic E-state index is 9.70. The van der Waals surface area contributed by atoms with E-state index in [0.29, 0.717) is 0 Å². The summed E-state index contributed by atoms with van der Waals surface area (Å²) in [4.78, 5) is 1.06. The van der Waals surface area contributed by atoms with Crippen LogP contribution in [0.3, 0.4) is 0 Å². The Hall–Kier alpha value is -2.44. The van der Waals surface area contributed by atoms with Gasteiger partial charge in [-0.15, -0.1) is 11.8 Å². The maximum absolute atomic E-state index is 9.70. The molecule has 0 aliphatic heterocycles. The van der Waals surface area contributed by atoms with Gasteiger partial charge < -0.3 is 4.57 Å². The molecule has 0 fully saturated rings. The van der Waals surface area contributed by atoms with Crippen LogP contribution in [0.15, 0.2) is 53.4 Å². The van der Waals surface area contributed by atoms with Gasteiger partial charge >= 0.3 is 0 Å². The second kappa shape index (κ2) is 4.79. The van der Waals surface area contributed by atoms with Crippen molar-refractivity contribution >= 4 is 44.3 Å². The Bertz CT molecular complexity index is 1080. The van der Waals surface area contributed by atoms with E-state index in [0.717, 1.165) is 26.7 Å². The molecule has 0 unspecified atom stereocenters. The molecule has 4 rings (SSSR count). The van der Waals surface area contributed by atoms with Crippen LogP contribution in [0.5, 0.6) is 0 Å². The number of para-hydroxylation sites is 1. The lowest BCUT2D eigenvalue weighted by molar-refractivity contribution is 1.00. The molecule has 0 radical (unpaired) electrons. The van der Waals surface area contributed by atoms with Gasteiger partial charge in [-0.3, -0.25) is 0 Å². The Labute approximate surface area is 133 Å². The van der Waals surface area contributed by atoms with E-state index in [2.05, 4.69) is 54.1 Å². The molecule has 0 saturated heterocycles. The first-order valence-corrected chi connectivity index (χ1v) is 8.36. The molecule has 1 heterocycles. The summed E-state index contributed by atoms with van der Waals surface area (Å²) in [7, 11) is 2.08. The number of hydrogen-bond acceptors (Lipinski definition) is 2. The van der Waals surface area contributed by atoms with Gasteiger partial charge in [-0.2, -0.15) is 5.26 Å². The molecule has 0 bridgehead atoms. The van der Waals surface area contributed by atoms with Gasteiger partial charge in [0.2, 0.25) is 0 Å². The number of aryl methyl sites for hydroxylation is 1. The molecule has 4 aromatic rings. The second-order valence-corrected chi connectivity index (χ2v) is 6.18. The summed E-state index contributed by atoms with van der Waals surface area (Å²) in [5, 5.41) is 14.4. The van der Waals surface area contributed by atoms with Crippen LogP contribution < -0.4 is 0 Å². The number of nitrogens with zero attached hydrogens (tertiary/aromatic N) is 2. The Morgan fingerprint density at radius 1 is 0.955 bits per heavy atom. The van der Waals surface area contributed by atoms with E-state index in [1.165, 1.54) is 16.3 Å². The number of hydrogen-bond donors (Lipinski definition) is 0. The molecule has 0 aliphatic carbocycles. The van der Waals surface area contributed by atoms with Crippen molar-refractivity contribution in [2.24, 2.45) is 7.05 Å². The van der Waals surface area contributed by atoms with E-state index in [1.54, 1.807) is 11.8 Å². The first kappa shape index (κ1) is 13.2. The van der Waals surface area contributed by atoms with Crippen LogP contribution in [0.25, 0.3) is 32.6 Å². The molecule has 0 atom stereocenters. The van der Waals surface area contributed by atoms with Gasteiger partial charge in [0.1, 0.15) is 6.07 Å². The highest BCUT2D eigenvalue weighted by Crippen LogP contribution is 2.41. The summed E-state index contributed by atoms with van der Waals surface area (Å²) in [5.41, 5.74) is 3.14. The van der Waals surface area contributed by atoms with Crippen molar-refractivity contribution in [2.45, 2.75) is 4.90 Å². The summed E-state index contributed by atoms with van der Waals surface area (Å²) >= 11 is 1.65. The first-order chi connectivity index (χ1) is 10.8.